The molecule has 3 heteroatoms. The highest BCUT2D eigenvalue weighted by molar-refractivity contribution is 5.61. The van der Waals surface area contributed by atoms with Gasteiger partial charge in [0.2, 0.25) is 0 Å². The zero-order valence-corrected chi connectivity index (χ0v) is 6.94. The highest BCUT2D eigenvalue weighted by Gasteiger charge is 2.11. The molecule has 2 N–H and O–H groups in total. The highest BCUT2D eigenvalue weighted by Crippen LogP contribution is 2.20. The molecule has 0 atom stereocenters. The van der Waals surface area contributed by atoms with Gasteiger partial charge in [-0.05, 0) is 23.8 Å². The van der Waals surface area contributed by atoms with E-state index in [2.05, 4.69) is 4.98 Å². The third-order valence-corrected chi connectivity index (χ3v) is 1.94. The van der Waals surface area contributed by atoms with Crippen molar-refractivity contribution < 1.29 is 10.2 Å². The summed E-state index contributed by atoms with van der Waals surface area (Å²) in [5.74, 6) is 0.331. The molecule has 0 bridgehead atoms. The molecule has 0 radical (unpaired) electrons. The quantitative estimate of drug-likeness (QED) is 0.633. The Morgan fingerprint density at radius 3 is 2.92 bits per heavy atom. The maximum Gasteiger partial charge on any atom is 0.141 e. The van der Waals surface area contributed by atoms with E-state index in [-0.39, 0.29) is 11.5 Å². The lowest BCUT2D eigenvalue weighted by molar-refractivity contribution is 0.399. The summed E-state index contributed by atoms with van der Waals surface area (Å²) in [6.07, 6.45) is 4.97. The van der Waals surface area contributed by atoms with Crippen molar-refractivity contribution in [2.24, 2.45) is 0 Å². The summed E-state index contributed by atoms with van der Waals surface area (Å²) >= 11 is 0. The average Bonchev–Trinajstić information content (AvgIpc) is 2.27. The predicted molar refractivity (Wildman–Crippen MR) is 49.3 cm³/mol. The number of hydrogen-bond acceptors (Lipinski definition) is 3. The Balaban J connectivity index is 2.57. The number of hydrogen-bond donors (Lipinski definition) is 2. The van der Waals surface area contributed by atoms with Crippen LogP contribution < -0.4 is 0 Å². The van der Waals surface area contributed by atoms with Gasteiger partial charge >= 0.3 is 0 Å². The van der Waals surface area contributed by atoms with Gasteiger partial charge in [0.1, 0.15) is 11.5 Å². The van der Waals surface area contributed by atoms with Crippen molar-refractivity contribution >= 4 is 5.76 Å². The first-order valence-electron chi connectivity index (χ1n) is 4.00. The smallest absolute Gasteiger partial charge is 0.141 e. The van der Waals surface area contributed by atoms with Crippen molar-refractivity contribution in [1.82, 2.24) is 4.98 Å². The molecule has 1 aliphatic carbocycles. The fourth-order valence-corrected chi connectivity index (χ4v) is 1.32. The van der Waals surface area contributed by atoms with Crippen LogP contribution in [0.4, 0.5) is 0 Å². The molecule has 0 aromatic carbocycles. The maximum absolute atomic E-state index is 9.50. The molecule has 0 saturated heterocycles. The zero-order valence-electron chi connectivity index (χ0n) is 6.94. The van der Waals surface area contributed by atoms with Crippen molar-refractivity contribution in [3.05, 3.63) is 47.5 Å². The summed E-state index contributed by atoms with van der Waals surface area (Å²) < 4.78 is 0. The fourth-order valence-electron chi connectivity index (χ4n) is 1.32. The molecular weight excluding hydrogens is 166 g/mol. The SMILES string of the molecule is OC1=CC=C(O)c2ncccc2C1. The number of nitrogens with zero attached hydrogens (tertiary/aromatic N) is 1. The van der Waals surface area contributed by atoms with Crippen LogP contribution in [0.3, 0.4) is 0 Å². The van der Waals surface area contributed by atoms with Crippen molar-refractivity contribution in [2.75, 3.05) is 0 Å². The van der Waals surface area contributed by atoms with Crippen LogP contribution >= 0.6 is 0 Å². The first kappa shape index (κ1) is 7.86. The van der Waals surface area contributed by atoms with E-state index in [9.17, 15) is 10.2 Å². The number of allylic oxidation sites excluding steroid dienone is 3. The molecule has 0 amide bonds. The molecule has 1 heterocycles. The Morgan fingerprint density at radius 1 is 1.23 bits per heavy atom. The van der Waals surface area contributed by atoms with E-state index in [1.807, 2.05) is 6.07 Å². The third kappa shape index (κ3) is 1.40. The summed E-state index contributed by atoms with van der Waals surface area (Å²) in [5, 5.41) is 18.8. The Hall–Kier alpha value is -1.77. The Kier molecular flexibility index (Phi) is 1.77. The molecule has 66 valence electrons. The van der Waals surface area contributed by atoms with E-state index in [4.69, 9.17) is 0 Å². The van der Waals surface area contributed by atoms with Gasteiger partial charge in [0.15, 0.2) is 0 Å². The van der Waals surface area contributed by atoms with Crippen molar-refractivity contribution in [3.8, 4) is 0 Å². The van der Waals surface area contributed by atoms with Crippen LogP contribution in [0.1, 0.15) is 11.3 Å². The van der Waals surface area contributed by atoms with Crippen LogP contribution in [0.2, 0.25) is 0 Å². The second-order valence-electron chi connectivity index (χ2n) is 2.90. The Bertz CT molecular complexity index is 394. The third-order valence-electron chi connectivity index (χ3n) is 1.94. The number of fused-ring (bicyclic) bond motifs is 1. The minimum Gasteiger partial charge on any atom is -0.512 e. The average molecular weight is 175 g/mol. The van der Waals surface area contributed by atoms with Crippen LogP contribution in [0.5, 0.6) is 0 Å². The number of aromatic nitrogens is 1. The molecular formula is C10H9NO2. The van der Waals surface area contributed by atoms with Crippen LogP contribution in [-0.2, 0) is 6.42 Å². The zero-order chi connectivity index (χ0) is 9.26. The van der Waals surface area contributed by atoms with E-state index in [0.717, 1.165) is 5.56 Å². The highest BCUT2D eigenvalue weighted by atomic mass is 16.3. The van der Waals surface area contributed by atoms with Crippen LogP contribution in [0.15, 0.2) is 36.2 Å². The summed E-state index contributed by atoms with van der Waals surface area (Å²) in [7, 11) is 0. The molecule has 0 spiro atoms. The topological polar surface area (TPSA) is 53.4 Å². The lowest BCUT2D eigenvalue weighted by Crippen LogP contribution is -1.95. The Labute approximate surface area is 75.7 Å². The summed E-state index contributed by atoms with van der Waals surface area (Å²) in [6.45, 7) is 0. The minimum absolute atomic E-state index is 0.0969. The van der Waals surface area contributed by atoms with Gasteiger partial charge in [0.05, 0.1) is 5.76 Å². The van der Waals surface area contributed by atoms with Gasteiger partial charge in [0.25, 0.3) is 0 Å². The first-order valence-corrected chi connectivity index (χ1v) is 4.00. The number of rotatable bonds is 0. The number of aliphatic hydroxyl groups excluding tert-OH is 2. The summed E-state index contributed by atoms with van der Waals surface area (Å²) in [6, 6.07) is 3.62. The van der Waals surface area contributed by atoms with Gasteiger partial charge < -0.3 is 10.2 Å². The minimum atomic E-state index is 0.0969. The van der Waals surface area contributed by atoms with Crippen molar-refractivity contribution in [2.45, 2.75) is 6.42 Å². The summed E-state index contributed by atoms with van der Waals surface area (Å²) in [4.78, 5) is 4.03. The van der Waals surface area contributed by atoms with E-state index >= 15 is 0 Å². The van der Waals surface area contributed by atoms with Crippen LogP contribution in [0, 0.1) is 0 Å². The standard InChI is InChI=1S/C10H9NO2/c12-8-3-4-9(13)10-7(6-8)2-1-5-11-10/h1-5,12-13H,6H2. The lowest BCUT2D eigenvalue weighted by atomic mass is 10.1. The summed E-state index contributed by atoms with van der Waals surface area (Å²) in [5.41, 5.74) is 1.38. The lowest BCUT2D eigenvalue weighted by Gasteiger charge is -2.03. The monoisotopic (exact) mass is 175 g/mol. The van der Waals surface area contributed by atoms with Gasteiger partial charge in [0, 0.05) is 12.6 Å². The van der Waals surface area contributed by atoms with E-state index < -0.39 is 0 Å². The van der Waals surface area contributed by atoms with Gasteiger partial charge in [-0.15, -0.1) is 0 Å². The second kappa shape index (κ2) is 2.94. The van der Waals surface area contributed by atoms with E-state index in [1.165, 1.54) is 12.2 Å². The van der Waals surface area contributed by atoms with Crippen molar-refractivity contribution in [1.29, 1.82) is 0 Å². The molecule has 1 aliphatic rings. The van der Waals surface area contributed by atoms with E-state index in [1.54, 1.807) is 12.3 Å². The van der Waals surface area contributed by atoms with E-state index in [0.29, 0.717) is 12.1 Å². The van der Waals surface area contributed by atoms with Gasteiger partial charge in [-0.3, -0.25) is 4.98 Å². The molecule has 3 nitrogen and oxygen atoms in total. The predicted octanol–water partition coefficient (Wildman–Crippen LogP) is 1.98. The molecule has 2 rings (SSSR count). The molecule has 0 saturated carbocycles. The van der Waals surface area contributed by atoms with Crippen LogP contribution in [-0.4, -0.2) is 15.2 Å². The molecule has 1 aromatic heterocycles. The van der Waals surface area contributed by atoms with Gasteiger partial charge in [-0.2, -0.15) is 0 Å². The van der Waals surface area contributed by atoms with Crippen LogP contribution in [0.25, 0.3) is 5.76 Å². The number of aliphatic hydroxyl groups is 2. The Morgan fingerprint density at radius 2 is 2.08 bits per heavy atom. The normalized spacial score (nSPS) is 15.4. The molecule has 0 aliphatic heterocycles. The molecule has 13 heavy (non-hydrogen) atoms. The fraction of sp³-hybridized carbons (Fsp3) is 0.100. The molecule has 0 fully saturated rings. The first-order chi connectivity index (χ1) is 6.27. The second-order valence-corrected chi connectivity index (χ2v) is 2.90. The number of pyridine rings is 1. The van der Waals surface area contributed by atoms with Gasteiger partial charge in [-0.25, -0.2) is 0 Å². The largest absolute Gasteiger partial charge is 0.512 e. The molecule has 0 unspecified atom stereocenters. The molecule has 1 aromatic rings. The van der Waals surface area contributed by atoms with Gasteiger partial charge in [-0.1, -0.05) is 6.07 Å². The maximum atomic E-state index is 9.50. The van der Waals surface area contributed by atoms with Crippen molar-refractivity contribution in [3.63, 3.8) is 0 Å².